The Morgan fingerprint density at radius 3 is 2.96 bits per heavy atom. The van der Waals surface area contributed by atoms with Crippen LogP contribution < -0.4 is 5.32 Å². The molecule has 0 saturated heterocycles. The first-order valence-corrected chi connectivity index (χ1v) is 9.85. The first-order chi connectivity index (χ1) is 12.2. The Balaban J connectivity index is 1.69. The molecule has 0 unspecified atom stereocenters. The van der Waals surface area contributed by atoms with E-state index in [0.717, 1.165) is 29.5 Å². The third-order valence-corrected chi connectivity index (χ3v) is 5.26. The van der Waals surface area contributed by atoms with Gasteiger partial charge in [0, 0.05) is 28.6 Å². The quantitative estimate of drug-likeness (QED) is 0.637. The van der Waals surface area contributed by atoms with E-state index in [2.05, 4.69) is 50.4 Å². The standard InChI is InChI=1S/C17H19N5OS2/c1-3-7-22-16(13-8-12(2)24-10-13)20-21-17(22)25-11-15(23)19-14-5-4-6-18-9-14/h4-6,8-10H,3,7,11H2,1-2H3,(H,19,23). The van der Waals surface area contributed by atoms with Gasteiger partial charge in [-0.2, -0.15) is 0 Å². The SMILES string of the molecule is CCCn1c(SCC(=O)Nc2cccnc2)nnc1-c1csc(C)c1. The molecule has 0 aliphatic carbocycles. The van der Waals surface area contributed by atoms with Gasteiger partial charge in [-0.3, -0.25) is 9.78 Å². The van der Waals surface area contributed by atoms with Gasteiger partial charge >= 0.3 is 0 Å². The summed E-state index contributed by atoms with van der Waals surface area (Å²) in [4.78, 5) is 17.3. The van der Waals surface area contributed by atoms with Gasteiger partial charge in [0.05, 0.1) is 17.6 Å². The van der Waals surface area contributed by atoms with Crippen LogP contribution in [0.1, 0.15) is 18.2 Å². The highest BCUT2D eigenvalue weighted by Crippen LogP contribution is 2.27. The Morgan fingerprint density at radius 2 is 2.28 bits per heavy atom. The van der Waals surface area contributed by atoms with E-state index in [1.807, 2.05) is 6.07 Å². The van der Waals surface area contributed by atoms with Gasteiger partial charge in [0.25, 0.3) is 0 Å². The van der Waals surface area contributed by atoms with Crippen molar-refractivity contribution in [3.63, 3.8) is 0 Å². The van der Waals surface area contributed by atoms with E-state index in [1.165, 1.54) is 16.6 Å². The fraction of sp³-hybridized carbons (Fsp3) is 0.294. The van der Waals surface area contributed by atoms with Gasteiger partial charge in [-0.1, -0.05) is 18.7 Å². The third kappa shape index (κ3) is 4.46. The highest BCUT2D eigenvalue weighted by molar-refractivity contribution is 7.99. The number of rotatable bonds is 7. The van der Waals surface area contributed by atoms with Gasteiger partial charge in [-0.25, -0.2) is 0 Å². The molecule has 0 atom stereocenters. The van der Waals surface area contributed by atoms with Gasteiger partial charge in [0.15, 0.2) is 11.0 Å². The number of hydrogen-bond donors (Lipinski definition) is 1. The molecule has 0 aliphatic heterocycles. The Labute approximate surface area is 154 Å². The minimum Gasteiger partial charge on any atom is -0.324 e. The second-order valence-electron chi connectivity index (χ2n) is 5.48. The molecule has 6 nitrogen and oxygen atoms in total. The van der Waals surface area contributed by atoms with Crippen LogP contribution in [0.25, 0.3) is 11.4 Å². The zero-order valence-electron chi connectivity index (χ0n) is 14.1. The normalized spacial score (nSPS) is 10.8. The third-order valence-electron chi connectivity index (χ3n) is 3.43. The van der Waals surface area contributed by atoms with Gasteiger partial charge in [-0.15, -0.1) is 21.5 Å². The summed E-state index contributed by atoms with van der Waals surface area (Å²) < 4.78 is 2.09. The van der Waals surface area contributed by atoms with Crippen LogP contribution in [0.2, 0.25) is 0 Å². The molecule has 0 aromatic carbocycles. The van der Waals surface area contributed by atoms with Crippen molar-refractivity contribution in [3.8, 4) is 11.4 Å². The van der Waals surface area contributed by atoms with Crippen LogP contribution in [0.4, 0.5) is 5.69 Å². The van der Waals surface area contributed by atoms with Crippen molar-refractivity contribution in [1.82, 2.24) is 19.7 Å². The zero-order valence-corrected chi connectivity index (χ0v) is 15.7. The maximum absolute atomic E-state index is 12.1. The number of hydrogen-bond acceptors (Lipinski definition) is 6. The molecule has 3 aromatic rings. The Hall–Kier alpha value is -2.19. The summed E-state index contributed by atoms with van der Waals surface area (Å²) in [5.41, 5.74) is 1.77. The highest BCUT2D eigenvalue weighted by atomic mass is 32.2. The predicted octanol–water partition coefficient (Wildman–Crippen LogP) is 3.85. The summed E-state index contributed by atoms with van der Waals surface area (Å²) in [5.74, 6) is 1.05. The minimum absolute atomic E-state index is 0.0861. The molecule has 0 aliphatic rings. The fourth-order valence-corrected chi connectivity index (χ4v) is 3.80. The largest absolute Gasteiger partial charge is 0.324 e. The van der Waals surface area contributed by atoms with Crippen molar-refractivity contribution < 1.29 is 4.79 Å². The summed E-state index contributed by atoms with van der Waals surface area (Å²) in [7, 11) is 0. The van der Waals surface area contributed by atoms with E-state index in [1.54, 1.807) is 29.8 Å². The number of nitrogens with one attached hydrogen (secondary N) is 1. The van der Waals surface area contributed by atoms with Crippen LogP contribution >= 0.6 is 23.1 Å². The summed E-state index contributed by atoms with van der Waals surface area (Å²) in [5, 5.41) is 14.3. The summed E-state index contributed by atoms with van der Waals surface area (Å²) in [6.07, 6.45) is 4.27. The van der Waals surface area contributed by atoms with Crippen molar-refractivity contribution in [2.45, 2.75) is 32.0 Å². The summed E-state index contributed by atoms with van der Waals surface area (Å²) >= 11 is 3.09. The first-order valence-electron chi connectivity index (χ1n) is 7.98. The molecule has 3 heterocycles. The molecule has 0 radical (unpaired) electrons. The van der Waals surface area contributed by atoms with E-state index in [4.69, 9.17) is 0 Å². The molecule has 1 amide bonds. The number of thiophene rings is 1. The van der Waals surface area contributed by atoms with Crippen molar-refractivity contribution in [1.29, 1.82) is 0 Å². The Kier molecular flexibility index (Phi) is 5.83. The van der Waals surface area contributed by atoms with Crippen LogP contribution in [0.5, 0.6) is 0 Å². The number of carbonyl (C=O) groups is 1. The Bertz CT molecular complexity index is 844. The molecule has 3 aromatic heterocycles. The monoisotopic (exact) mass is 373 g/mol. The molecule has 25 heavy (non-hydrogen) atoms. The van der Waals surface area contributed by atoms with Crippen molar-refractivity contribution in [2.75, 3.05) is 11.1 Å². The average Bonchev–Trinajstić information content (AvgIpc) is 3.20. The van der Waals surface area contributed by atoms with Crippen molar-refractivity contribution in [2.24, 2.45) is 0 Å². The van der Waals surface area contributed by atoms with Crippen LogP contribution in [-0.4, -0.2) is 31.4 Å². The van der Waals surface area contributed by atoms with Gasteiger partial charge in [0.2, 0.25) is 5.91 Å². The number of aromatic nitrogens is 4. The molecule has 1 N–H and O–H groups in total. The van der Waals surface area contributed by atoms with E-state index in [0.29, 0.717) is 5.69 Å². The maximum atomic E-state index is 12.1. The lowest BCUT2D eigenvalue weighted by Crippen LogP contribution is -2.14. The molecular weight excluding hydrogens is 354 g/mol. The fourth-order valence-electron chi connectivity index (χ4n) is 2.36. The van der Waals surface area contributed by atoms with Crippen LogP contribution in [0.3, 0.4) is 0 Å². The van der Waals surface area contributed by atoms with Crippen LogP contribution in [-0.2, 0) is 11.3 Å². The molecular formula is C17H19N5OS2. The van der Waals surface area contributed by atoms with Crippen molar-refractivity contribution in [3.05, 3.63) is 40.8 Å². The molecule has 130 valence electrons. The average molecular weight is 374 g/mol. The van der Waals surface area contributed by atoms with Crippen LogP contribution in [0, 0.1) is 6.92 Å². The van der Waals surface area contributed by atoms with Gasteiger partial charge < -0.3 is 9.88 Å². The molecule has 8 heteroatoms. The number of pyridine rings is 1. The van der Waals surface area contributed by atoms with Gasteiger partial charge in [0.1, 0.15) is 0 Å². The van der Waals surface area contributed by atoms with E-state index >= 15 is 0 Å². The number of thioether (sulfide) groups is 1. The van der Waals surface area contributed by atoms with Crippen LogP contribution in [0.15, 0.2) is 41.1 Å². The molecule has 0 spiro atoms. The maximum Gasteiger partial charge on any atom is 0.234 e. The summed E-state index contributed by atoms with van der Waals surface area (Å²) in [6.45, 7) is 5.02. The smallest absolute Gasteiger partial charge is 0.234 e. The lowest BCUT2D eigenvalue weighted by Gasteiger charge is -2.08. The summed E-state index contributed by atoms with van der Waals surface area (Å²) in [6, 6.07) is 5.71. The van der Waals surface area contributed by atoms with E-state index in [9.17, 15) is 4.79 Å². The minimum atomic E-state index is -0.0861. The number of nitrogens with zero attached hydrogens (tertiary/aromatic N) is 4. The first kappa shape index (κ1) is 17.6. The lowest BCUT2D eigenvalue weighted by molar-refractivity contribution is -0.113. The molecule has 3 rings (SSSR count). The second-order valence-corrected chi connectivity index (χ2v) is 7.54. The Morgan fingerprint density at radius 1 is 1.40 bits per heavy atom. The topological polar surface area (TPSA) is 72.7 Å². The predicted molar refractivity (Wildman–Crippen MR) is 102 cm³/mol. The number of amides is 1. The molecule has 0 saturated carbocycles. The zero-order chi connectivity index (χ0) is 17.6. The number of aryl methyl sites for hydroxylation is 1. The number of carbonyl (C=O) groups excluding carboxylic acids is 1. The lowest BCUT2D eigenvalue weighted by atomic mass is 10.3. The molecule has 0 bridgehead atoms. The molecule has 0 fully saturated rings. The van der Waals surface area contributed by atoms with Gasteiger partial charge in [-0.05, 0) is 31.5 Å². The second kappa shape index (κ2) is 8.26. The highest BCUT2D eigenvalue weighted by Gasteiger charge is 2.16. The van der Waals surface area contributed by atoms with E-state index in [-0.39, 0.29) is 11.7 Å². The number of anilines is 1. The van der Waals surface area contributed by atoms with E-state index < -0.39 is 0 Å². The van der Waals surface area contributed by atoms with Crippen molar-refractivity contribution >= 4 is 34.7 Å².